The number of hydrogen-bond donors (Lipinski definition) is 3. The molecule has 0 aliphatic carbocycles. The van der Waals surface area contributed by atoms with Crippen molar-refractivity contribution in [2.45, 2.75) is 32.7 Å². The van der Waals surface area contributed by atoms with E-state index in [4.69, 9.17) is 10.8 Å². The molecule has 0 fully saturated rings. The van der Waals surface area contributed by atoms with E-state index >= 15 is 0 Å². The molecule has 0 aliphatic heterocycles. The summed E-state index contributed by atoms with van der Waals surface area (Å²) < 4.78 is 1.80. The fourth-order valence-corrected chi connectivity index (χ4v) is 2.02. The van der Waals surface area contributed by atoms with Crippen molar-refractivity contribution in [3.63, 3.8) is 0 Å². The van der Waals surface area contributed by atoms with Crippen molar-refractivity contribution in [2.75, 3.05) is 19.7 Å². The maximum Gasteiger partial charge on any atom is 0.271 e. The predicted octanol–water partition coefficient (Wildman–Crippen LogP) is 0.370. The minimum Gasteiger partial charge on any atom is -0.396 e. The zero-order valence-corrected chi connectivity index (χ0v) is 11.5. The summed E-state index contributed by atoms with van der Waals surface area (Å²) in [6, 6.07) is 0. The molecule has 1 aromatic heterocycles. The third-order valence-corrected chi connectivity index (χ3v) is 3.04. The molecule has 19 heavy (non-hydrogen) atoms. The number of imidazole rings is 1. The van der Waals surface area contributed by atoms with Crippen LogP contribution >= 0.6 is 0 Å². The number of amides is 1. The standard InChI is InChI=1S/C13H24N4O2/c1-2-3-11(4-7-18)8-15-13(19)12-9-17(6-5-14)10-16-12/h9-11,18H,2-8,14H2,1H3,(H,15,19). The van der Waals surface area contributed by atoms with Crippen molar-refractivity contribution < 1.29 is 9.90 Å². The monoisotopic (exact) mass is 268 g/mol. The Balaban J connectivity index is 2.44. The van der Waals surface area contributed by atoms with Gasteiger partial charge in [0.25, 0.3) is 5.91 Å². The lowest BCUT2D eigenvalue weighted by Crippen LogP contribution is -2.30. The molecule has 0 saturated carbocycles. The second-order valence-corrected chi connectivity index (χ2v) is 4.66. The highest BCUT2D eigenvalue weighted by atomic mass is 16.3. The Hall–Kier alpha value is -1.40. The smallest absolute Gasteiger partial charge is 0.271 e. The van der Waals surface area contributed by atoms with Crippen LogP contribution < -0.4 is 11.1 Å². The summed E-state index contributed by atoms with van der Waals surface area (Å²) in [6.07, 6.45) is 6.08. The Morgan fingerprint density at radius 2 is 2.37 bits per heavy atom. The van der Waals surface area contributed by atoms with Gasteiger partial charge in [-0.25, -0.2) is 4.98 Å². The molecular formula is C13H24N4O2. The van der Waals surface area contributed by atoms with Crippen LogP contribution in [-0.2, 0) is 6.54 Å². The second kappa shape index (κ2) is 8.66. The van der Waals surface area contributed by atoms with Crippen LogP contribution in [0.3, 0.4) is 0 Å². The van der Waals surface area contributed by atoms with Crippen molar-refractivity contribution in [2.24, 2.45) is 11.7 Å². The first kappa shape index (κ1) is 15.7. The van der Waals surface area contributed by atoms with Crippen LogP contribution in [0.1, 0.15) is 36.7 Å². The van der Waals surface area contributed by atoms with E-state index < -0.39 is 0 Å². The van der Waals surface area contributed by atoms with Crippen molar-refractivity contribution in [3.05, 3.63) is 18.2 Å². The topological polar surface area (TPSA) is 93.2 Å². The zero-order valence-electron chi connectivity index (χ0n) is 11.5. The van der Waals surface area contributed by atoms with Gasteiger partial charge >= 0.3 is 0 Å². The number of carbonyl (C=O) groups excluding carboxylic acids is 1. The molecule has 0 radical (unpaired) electrons. The van der Waals surface area contributed by atoms with Gasteiger partial charge in [-0.1, -0.05) is 13.3 Å². The van der Waals surface area contributed by atoms with Gasteiger partial charge in [0.15, 0.2) is 0 Å². The van der Waals surface area contributed by atoms with Gasteiger partial charge in [-0.3, -0.25) is 4.79 Å². The van der Waals surface area contributed by atoms with Gasteiger partial charge in [0.05, 0.1) is 6.33 Å². The summed E-state index contributed by atoms with van der Waals surface area (Å²) >= 11 is 0. The van der Waals surface area contributed by atoms with Crippen molar-refractivity contribution in [1.82, 2.24) is 14.9 Å². The zero-order chi connectivity index (χ0) is 14.1. The quantitative estimate of drug-likeness (QED) is 0.603. The molecule has 6 heteroatoms. The summed E-state index contributed by atoms with van der Waals surface area (Å²) in [5, 5.41) is 11.8. The molecule has 0 aliphatic rings. The molecule has 1 atom stereocenters. The number of carbonyl (C=O) groups is 1. The third kappa shape index (κ3) is 5.40. The molecule has 4 N–H and O–H groups in total. The largest absolute Gasteiger partial charge is 0.396 e. The Morgan fingerprint density at radius 3 is 3.00 bits per heavy atom. The average Bonchev–Trinajstić information content (AvgIpc) is 2.85. The SMILES string of the molecule is CCCC(CCO)CNC(=O)c1cn(CCN)cn1. The van der Waals surface area contributed by atoms with Gasteiger partial charge in [-0.2, -0.15) is 0 Å². The molecule has 0 spiro atoms. The van der Waals surface area contributed by atoms with Crippen LogP contribution in [0, 0.1) is 5.92 Å². The second-order valence-electron chi connectivity index (χ2n) is 4.66. The molecule has 108 valence electrons. The number of nitrogens with one attached hydrogen (secondary N) is 1. The first-order chi connectivity index (χ1) is 9.21. The summed E-state index contributed by atoms with van der Waals surface area (Å²) in [6.45, 7) is 4.01. The molecule has 1 amide bonds. The van der Waals surface area contributed by atoms with Crippen molar-refractivity contribution >= 4 is 5.91 Å². The first-order valence-corrected chi connectivity index (χ1v) is 6.82. The number of aliphatic hydroxyl groups excluding tert-OH is 1. The molecule has 1 rings (SSSR count). The van der Waals surface area contributed by atoms with Gasteiger partial charge in [-0.05, 0) is 18.8 Å². The molecule has 1 unspecified atom stereocenters. The van der Waals surface area contributed by atoms with Crippen LogP contribution in [0.4, 0.5) is 0 Å². The van der Waals surface area contributed by atoms with E-state index in [0.29, 0.717) is 31.2 Å². The van der Waals surface area contributed by atoms with Crippen LogP contribution in [0.2, 0.25) is 0 Å². The van der Waals surface area contributed by atoms with Gasteiger partial charge in [-0.15, -0.1) is 0 Å². The van der Waals surface area contributed by atoms with E-state index in [2.05, 4.69) is 17.2 Å². The van der Waals surface area contributed by atoms with E-state index in [0.717, 1.165) is 19.3 Å². The normalized spacial score (nSPS) is 12.4. The third-order valence-electron chi connectivity index (χ3n) is 3.04. The lowest BCUT2D eigenvalue weighted by Gasteiger charge is -2.14. The summed E-state index contributed by atoms with van der Waals surface area (Å²) in [5.41, 5.74) is 5.85. The Labute approximate surface area is 114 Å². The van der Waals surface area contributed by atoms with Crippen LogP contribution in [-0.4, -0.2) is 40.3 Å². The lowest BCUT2D eigenvalue weighted by atomic mass is 10.0. The minimum absolute atomic E-state index is 0.158. The highest BCUT2D eigenvalue weighted by Crippen LogP contribution is 2.09. The lowest BCUT2D eigenvalue weighted by molar-refractivity contribution is 0.0938. The van der Waals surface area contributed by atoms with Crippen LogP contribution in [0.5, 0.6) is 0 Å². The number of hydrogen-bond acceptors (Lipinski definition) is 4. The van der Waals surface area contributed by atoms with Crippen LogP contribution in [0.15, 0.2) is 12.5 Å². The van der Waals surface area contributed by atoms with E-state index in [1.54, 1.807) is 17.1 Å². The molecule has 0 saturated heterocycles. The number of aromatic nitrogens is 2. The molecule has 0 bridgehead atoms. The van der Waals surface area contributed by atoms with Crippen molar-refractivity contribution in [3.8, 4) is 0 Å². The first-order valence-electron chi connectivity index (χ1n) is 6.82. The number of nitrogens with two attached hydrogens (primary N) is 1. The molecular weight excluding hydrogens is 244 g/mol. The summed E-state index contributed by atoms with van der Waals surface area (Å²) in [4.78, 5) is 15.9. The van der Waals surface area contributed by atoms with Gasteiger partial charge in [0, 0.05) is 32.4 Å². The van der Waals surface area contributed by atoms with Crippen molar-refractivity contribution in [1.29, 1.82) is 0 Å². The molecule has 0 aromatic carbocycles. The number of aliphatic hydroxyl groups is 1. The predicted molar refractivity (Wildman–Crippen MR) is 73.7 cm³/mol. The Morgan fingerprint density at radius 1 is 1.58 bits per heavy atom. The van der Waals surface area contributed by atoms with Gasteiger partial charge < -0.3 is 20.7 Å². The Kier molecular flexibility index (Phi) is 7.14. The maximum atomic E-state index is 11.9. The fourth-order valence-electron chi connectivity index (χ4n) is 2.02. The van der Waals surface area contributed by atoms with E-state index in [1.165, 1.54) is 0 Å². The van der Waals surface area contributed by atoms with E-state index in [-0.39, 0.29) is 12.5 Å². The maximum absolute atomic E-state index is 11.9. The average molecular weight is 268 g/mol. The summed E-state index contributed by atoms with van der Waals surface area (Å²) in [7, 11) is 0. The van der Waals surface area contributed by atoms with Gasteiger partial charge in [0.2, 0.25) is 0 Å². The fraction of sp³-hybridized carbons (Fsp3) is 0.692. The van der Waals surface area contributed by atoms with Gasteiger partial charge in [0.1, 0.15) is 5.69 Å². The molecule has 1 heterocycles. The van der Waals surface area contributed by atoms with E-state index in [9.17, 15) is 4.79 Å². The molecule has 1 aromatic rings. The summed E-state index contributed by atoms with van der Waals surface area (Å²) in [5.74, 6) is 0.153. The Bertz CT molecular complexity index is 372. The highest BCUT2D eigenvalue weighted by molar-refractivity contribution is 5.91. The highest BCUT2D eigenvalue weighted by Gasteiger charge is 2.12. The molecule has 6 nitrogen and oxygen atoms in total. The van der Waals surface area contributed by atoms with Crippen LogP contribution in [0.25, 0.3) is 0 Å². The number of nitrogens with zero attached hydrogens (tertiary/aromatic N) is 2. The van der Waals surface area contributed by atoms with E-state index in [1.807, 2.05) is 0 Å². The minimum atomic E-state index is -0.171. The number of rotatable bonds is 9.